The van der Waals surface area contributed by atoms with Gasteiger partial charge in [0, 0.05) is 17.6 Å². The summed E-state index contributed by atoms with van der Waals surface area (Å²) >= 11 is 0. The van der Waals surface area contributed by atoms with Gasteiger partial charge in [-0.2, -0.15) is 0 Å². The van der Waals surface area contributed by atoms with Crippen LogP contribution in [-0.2, 0) is 6.54 Å². The summed E-state index contributed by atoms with van der Waals surface area (Å²) in [5, 5.41) is 3.13. The molecule has 26 heavy (non-hydrogen) atoms. The molecule has 2 aromatic heterocycles. The molecule has 2 heterocycles. The fraction of sp³-hybridized carbons (Fsp3) is 0.300. The number of guanidine groups is 1. The van der Waals surface area contributed by atoms with Gasteiger partial charge >= 0.3 is 0 Å². The lowest BCUT2D eigenvalue weighted by Crippen LogP contribution is -2.22. The van der Waals surface area contributed by atoms with Crippen LogP contribution in [-0.4, -0.2) is 15.3 Å². The Morgan fingerprint density at radius 3 is 2.62 bits per heavy atom. The van der Waals surface area contributed by atoms with E-state index in [9.17, 15) is 0 Å². The van der Waals surface area contributed by atoms with E-state index in [1.165, 1.54) is 5.56 Å². The Balaban J connectivity index is 0.00000243. The zero-order chi connectivity index (χ0) is 17.8. The van der Waals surface area contributed by atoms with E-state index in [4.69, 9.17) is 5.73 Å². The predicted octanol–water partition coefficient (Wildman–Crippen LogP) is 4.70. The van der Waals surface area contributed by atoms with E-state index in [-0.39, 0.29) is 24.0 Å². The number of pyridine rings is 1. The number of hydrogen-bond donors (Lipinski definition) is 2. The first-order valence-corrected chi connectivity index (χ1v) is 8.67. The maximum Gasteiger partial charge on any atom is 0.193 e. The lowest BCUT2D eigenvalue weighted by Gasteiger charge is -2.10. The van der Waals surface area contributed by atoms with Crippen molar-refractivity contribution >= 4 is 41.3 Å². The molecule has 0 bridgehead atoms. The number of anilines is 1. The molecule has 5 nitrogen and oxygen atoms in total. The summed E-state index contributed by atoms with van der Waals surface area (Å²) in [7, 11) is 0. The largest absolute Gasteiger partial charge is 0.370 e. The lowest BCUT2D eigenvalue weighted by molar-refractivity contribution is 0.734. The van der Waals surface area contributed by atoms with Crippen LogP contribution in [0.25, 0.3) is 5.65 Å². The van der Waals surface area contributed by atoms with Gasteiger partial charge in [0.1, 0.15) is 5.65 Å². The van der Waals surface area contributed by atoms with E-state index in [1.807, 2.05) is 30.5 Å². The standard InChI is InChI=1S/C20H25N5.HI/c1-4-14(2)16-8-10-17(11-9-16)24-20(21)22-12-18-13-25-15(3)6-5-7-19(25)23-18;/h5-11,13-14H,4,12H2,1-3H3,(H3,21,22,24);1H. The Kier molecular flexibility index (Phi) is 7.02. The third-order valence-corrected chi connectivity index (χ3v) is 4.52. The Bertz CT molecular complexity index is 883. The fourth-order valence-corrected chi connectivity index (χ4v) is 2.76. The number of aryl methyl sites for hydroxylation is 1. The lowest BCUT2D eigenvalue weighted by atomic mass is 9.99. The van der Waals surface area contributed by atoms with Crippen molar-refractivity contribution in [1.82, 2.24) is 9.38 Å². The van der Waals surface area contributed by atoms with Crippen LogP contribution in [0, 0.1) is 6.92 Å². The first-order chi connectivity index (χ1) is 12.1. The van der Waals surface area contributed by atoms with Crippen molar-refractivity contribution in [2.45, 2.75) is 39.7 Å². The molecule has 0 aliphatic carbocycles. The number of aromatic nitrogens is 2. The van der Waals surface area contributed by atoms with Gasteiger partial charge in [0.15, 0.2) is 5.96 Å². The van der Waals surface area contributed by atoms with Gasteiger partial charge in [-0.05, 0) is 49.1 Å². The number of halogens is 1. The molecule has 0 aliphatic rings. The molecule has 0 aliphatic heterocycles. The van der Waals surface area contributed by atoms with Crippen LogP contribution in [0.2, 0.25) is 0 Å². The second-order valence-corrected chi connectivity index (χ2v) is 6.39. The van der Waals surface area contributed by atoms with Gasteiger partial charge in [0.05, 0.1) is 12.2 Å². The van der Waals surface area contributed by atoms with Gasteiger partial charge in [-0.3, -0.25) is 0 Å². The van der Waals surface area contributed by atoms with Crippen molar-refractivity contribution in [1.29, 1.82) is 0 Å². The average molecular weight is 463 g/mol. The molecule has 0 saturated heterocycles. The Labute approximate surface area is 171 Å². The summed E-state index contributed by atoms with van der Waals surface area (Å²) in [5.74, 6) is 0.962. The monoisotopic (exact) mass is 463 g/mol. The van der Waals surface area contributed by atoms with Crippen molar-refractivity contribution in [2.75, 3.05) is 5.32 Å². The fourth-order valence-electron chi connectivity index (χ4n) is 2.76. The number of hydrogen-bond acceptors (Lipinski definition) is 2. The van der Waals surface area contributed by atoms with Crippen LogP contribution in [0.5, 0.6) is 0 Å². The number of nitrogens with zero attached hydrogens (tertiary/aromatic N) is 3. The number of rotatable bonds is 5. The van der Waals surface area contributed by atoms with Crippen molar-refractivity contribution in [3.8, 4) is 0 Å². The number of nitrogens with two attached hydrogens (primary N) is 1. The maximum atomic E-state index is 6.01. The number of aliphatic imine (C=N–C) groups is 1. The van der Waals surface area contributed by atoms with Crippen molar-refractivity contribution in [3.05, 3.63) is 65.6 Å². The van der Waals surface area contributed by atoms with E-state index >= 15 is 0 Å². The molecular formula is C20H26IN5. The molecule has 6 heteroatoms. The van der Waals surface area contributed by atoms with E-state index in [0.29, 0.717) is 18.4 Å². The molecule has 3 N–H and O–H groups in total. The minimum atomic E-state index is 0. The van der Waals surface area contributed by atoms with E-state index in [0.717, 1.165) is 29.1 Å². The van der Waals surface area contributed by atoms with Crippen LogP contribution in [0.3, 0.4) is 0 Å². The number of fused-ring (bicyclic) bond motifs is 1. The SMILES string of the molecule is CCC(C)c1ccc(NC(N)=NCc2cn3c(C)cccc3n2)cc1.I. The Hall–Kier alpha value is -2.09. The molecule has 0 saturated carbocycles. The third kappa shape index (κ3) is 4.75. The molecular weight excluding hydrogens is 437 g/mol. The van der Waals surface area contributed by atoms with Crippen LogP contribution in [0.1, 0.15) is 43.1 Å². The minimum Gasteiger partial charge on any atom is -0.370 e. The normalized spacial score (nSPS) is 12.7. The van der Waals surface area contributed by atoms with Gasteiger partial charge in [-0.1, -0.05) is 32.0 Å². The molecule has 0 spiro atoms. The number of benzene rings is 1. The number of nitrogens with one attached hydrogen (secondary N) is 1. The molecule has 0 fully saturated rings. The Morgan fingerprint density at radius 2 is 1.96 bits per heavy atom. The summed E-state index contributed by atoms with van der Waals surface area (Å²) in [5.41, 5.74) is 11.3. The van der Waals surface area contributed by atoms with Crippen molar-refractivity contribution in [2.24, 2.45) is 10.7 Å². The highest BCUT2D eigenvalue weighted by atomic mass is 127. The first-order valence-electron chi connectivity index (χ1n) is 8.67. The van der Waals surface area contributed by atoms with Crippen LogP contribution >= 0.6 is 24.0 Å². The smallest absolute Gasteiger partial charge is 0.193 e. The molecule has 1 aromatic carbocycles. The summed E-state index contributed by atoms with van der Waals surface area (Å²) in [6.07, 6.45) is 3.14. The predicted molar refractivity (Wildman–Crippen MR) is 119 cm³/mol. The molecule has 138 valence electrons. The highest BCUT2D eigenvalue weighted by molar-refractivity contribution is 14.0. The highest BCUT2D eigenvalue weighted by Crippen LogP contribution is 2.20. The number of imidazole rings is 1. The topological polar surface area (TPSA) is 67.7 Å². The van der Waals surface area contributed by atoms with Crippen molar-refractivity contribution < 1.29 is 0 Å². The second kappa shape index (κ2) is 9.02. The zero-order valence-corrected chi connectivity index (χ0v) is 17.8. The summed E-state index contributed by atoms with van der Waals surface area (Å²) < 4.78 is 2.06. The first kappa shape index (κ1) is 20.2. The molecule has 3 aromatic rings. The minimum absolute atomic E-state index is 0. The van der Waals surface area contributed by atoms with Gasteiger partial charge in [-0.25, -0.2) is 9.98 Å². The molecule has 1 atom stereocenters. The van der Waals surface area contributed by atoms with Crippen molar-refractivity contribution in [3.63, 3.8) is 0 Å². The maximum absolute atomic E-state index is 6.01. The van der Waals surface area contributed by atoms with Gasteiger partial charge in [-0.15, -0.1) is 24.0 Å². The van der Waals surface area contributed by atoms with Gasteiger partial charge < -0.3 is 15.5 Å². The third-order valence-electron chi connectivity index (χ3n) is 4.52. The second-order valence-electron chi connectivity index (χ2n) is 6.39. The van der Waals surface area contributed by atoms with E-state index < -0.39 is 0 Å². The quantitative estimate of drug-likeness (QED) is 0.328. The summed E-state index contributed by atoms with van der Waals surface area (Å²) in [4.78, 5) is 8.96. The Morgan fingerprint density at radius 1 is 1.23 bits per heavy atom. The zero-order valence-electron chi connectivity index (χ0n) is 15.4. The van der Waals surface area contributed by atoms with E-state index in [1.54, 1.807) is 0 Å². The van der Waals surface area contributed by atoms with Crippen LogP contribution in [0.15, 0.2) is 53.7 Å². The van der Waals surface area contributed by atoms with Crippen LogP contribution < -0.4 is 11.1 Å². The van der Waals surface area contributed by atoms with Gasteiger partial charge in [0.2, 0.25) is 0 Å². The molecule has 0 radical (unpaired) electrons. The van der Waals surface area contributed by atoms with E-state index in [2.05, 4.69) is 58.7 Å². The average Bonchev–Trinajstić information content (AvgIpc) is 3.04. The highest BCUT2D eigenvalue weighted by Gasteiger charge is 2.04. The van der Waals surface area contributed by atoms with Crippen LogP contribution in [0.4, 0.5) is 5.69 Å². The molecule has 3 rings (SSSR count). The summed E-state index contributed by atoms with van der Waals surface area (Å²) in [6, 6.07) is 14.4. The molecule has 1 unspecified atom stereocenters. The summed E-state index contributed by atoms with van der Waals surface area (Å²) in [6.45, 7) is 6.93. The van der Waals surface area contributed by atoms with Gasteiger partial charge in [0.25, 0.3) is 0 Å². The molecule has 0 amide bonds.